The summed E-state index contributed by atoms with van der Waals surface area (Å²) in [6, 6.07) is 7.13. The molecule has 0 bridgehead atoms. The SMILES string of the molecule is CCNCC1CC1c1ccccc1F. The van der Waals surface area contributed by atoms with E-state index < -0.39 is 0 Å². The van der Waals surface area contributed by atoms with E-state index in [2.05, 4.69) is 12.2 Å². The van der Waals surface area contributed by atoms with E-state index in [0.29, 0.717) is 11.8 Å². The van der Waals surface area contributed by atoms with Crippen molar-refractivity contribution < 1.29 is 4.39 Å². The number of halogens is 1. The van der Waals surface area contributed by atoms with Crippen molar-refractivity contribution >= 4 is 0 Å². The number of nitrogens with one attached hydrogen (secondary N) is 1. The smallest absolute Gasteiger partial charge is 0.126 e. The van der Waals surface area contributed by atoms with E-state index >= 15 is 0 Å². The first-order chi connectivity index (χ1) is 6.83. The van der Waals surface area contributed by atoms with Crippen LogP contribution >= 0.6 is 0 Å². The van der Waals surface area contributed by atoms with E-state index in [1.807, 2.05) is 12.1 Å². The Morgan fingerprint density at radius 2 is 2.21 bits per heavy atom. The summed E-state index contributed by atoms with van der Waals surface area (Å²) < 4.78 is 13.4. The van der Waals surface area contributed by atoms with E-state index in [1.54, 1.807) is 12.1 Å². The molecule has 2 unspecified atom stereocenters. The molecule has 0 amide bonds. The third kappa shape index (κ3) is 1.95. The lowest BCUT2D eigenvalue weighted by Gasteiger charge is -2.02. The first-order valence-electron chi connectivity index (χ1n) is 5.28. The van der Waals surface area contributed by atoms with Gasteiger partial charge in [-0.3, -0.25) is 0 Å². The van der Waals surface area contributed by atoms with E-state index in [0.717, 1.165) is 25.1 Å². The normalized spacial score (nSPS) is 25.0. The molecule has 1 aromatic rings. The molecular weight excluding hydrogens is 177 g/mol. The molecule has 0 radical (unpaired) electrons. The molecule has 2 heteroatoms. The van der Waals surface area contributed by atoms with Crippen LogP contribution in [0.15, 0.2) is 24.3 Å². The quantitative estimate of drug-likeness (QED) is 0.774. The Balaban J connectivity index is 1.96. The molecule has 1 aliphatic carbocycles. The molecule has 1 nitrogen and oxygen atoms in total. The van der Waals surface area contributed by atoms with Gasteiger partial charge in [-0.05, 0) is 43.0 Å². The van der Waals surface area contributed by atoms with Gasteiger partial charge in [-0.1, -0.05) is 25.1 Å². The highest BCUT2D eigenvalue weighted by Gasteiger charge is 2.38. The molecule has 1 aromatic carbocycles. The molecule has 1 saturated carbocycles. The lowest BCUT2D eigenvalue weighted by atomic mass is 10.1. The van der Waals surface area contributed by atoms with Gasteiger partial charge in [0.25, 0.3) is 0 Å². The van der Waals surface area contributed by atoms with Gasteiger partial charge in [-0.25, -0.2) is 4.39 Å². The molecule has 1 fully saturated rings. The highest BCUT2D eigenvalue weighted by Crippen LogP contribution is 2.47. The monoisotopic (exact) mass is 193 g/mol. The predicted molar refractivity (Wildman–Crippen MR) is 55.8 cm³/mol. The van der Waals surface area contributed by atoms with E-state index in [1.165, 1.54) is 0 Å². The maximum Gasteiger partial charge on any atom is 0.126 e. The highest BCUT2D eigenvalue weighted by molar-refractivity contribution is 5.27. The van der Waals surface area contributed by atoms with Crippen molar-refractivity contribution in [1.29, 1.82) is 0 Å². The van der Waals surface area contributed by atoms with E-state index in [9.17, 15) is 4.39 Å². The molecule has 0 aromatic heterocycles. The molecule has 14 heavy (non-hydrogen) atoms. The third-order valence-electron chi connectivity index (χ3n) is 2.88. The number of rotatable bonds is 4. The van der Waals surface area contributed by atoms with Crippen molar-refractivity contribution in [3.05, 3.63) is 35.6 Å². The van der Waals surface area contributed by atoms with E-state index in [4.69, 9.17) is 0 Å². The van der Waals surface area contributed by atoms with Crippen LogP contribution in [0.2, 0.25) is 0 Å². The molecule has 0 spiro atoms. The summed E-state index contributed by atoms with van der Waals surface area (Å²) in [6.45, 7) is 4.12. The molecule has 2 rings (SSSR count). The van der Waals surface area contributed by atoms with Gasteiger partial charge >= 0.3 is 0 Å². The number of benzene rings is 1. The summed E-state index contributed by atoms with van der Waals surface area (Å²) in [4.78, 5) is 0. The third-order valence-corrected chi connectivity index (χ3v) is 2.88. The van der Waals surface area contributed by atoms with Crippen LogP contribution in [0.25, 0.3) is 0 Å². The minimum atomic E-state index is -0.0449. The zero-order valence-electron chi connectivity index (χ0n) is 8.46. The average Bonchev–Trinajstić information content (AvgIpc) is 2.95. The Kier molecular flexibility index (Phi) is 2.82. The Morgan fingerprint density at radius 3 is 2.93 bits per heavy atom. The van der Waals surface area contributed by atoms with Gasteiger partial charge in [0.05, 0.1) is 0 Å². The van der Waals surface area contributed by atoms with Crippen molar-refractivity contribution in [3.63, 3.8) is 0 Å². The molecular formula is C12H16FN. The Morgan fingerprint density at radius 1 is 1.43 bits per heavy atom. The molecule has 0 aliphatic heterocycles. The zero-order chi connectivity index (χ0) is 9.97. The second-order valence-corrected chi connectivity index (χ2v) is 3.93. The first-order valence-corrected chi connectivity index (χ1v) is 5.28. The minimum absolute atomic E-state index is 0.0449. The minimum Gasteiger partial charge on any atom is -0.317 e. The van der Waals surface area contributed by atoms with Crippen LogP contribution in [0, 0.1) is 11.7 Å². The van der Waals surface area contributed by atoms with Crippen LogP contribution in [-0.4, -0.2) is 13.1 Å². The van der Waals surface area contributed by atoms with Crippen LogP contribution in [-0.2, 0) is 0 Å². The molecule has 0 saturated heterocycles. The summed E-state index contributed by atoms with van der Waals surface area (Å²) in [5, 5.41) is 3.31. The van der Waals surface area contributed by atoms with Gasteiger partial charge in [0, 0.05) is 0 Å². The molecule has 76 valence electrons. The van der Waals surface area contributed by atoms with Crippen LogP contribution in [0.4, 0.5) is 4.39 Å². The number of hydrogen-bond donors (Lipinski definition) is 1. The van der Waals surface area contributed by atoms with Gasteiger partial charge in [0.1, 0.15) is 5.82 Å². The standard InChI is InChI=1S/C12H16FN/c1-2-14-8-9-7-11(9)10-5-3-4-6-12(10)13/h3-6,9,11,14H,2,7-8H2,1H3. The maximum atomic E-state index is 13.4. The average molecular weight is 193 g/mol. The second kappa shape index (κ2) is 4.09. The van der Waals surface area contributed by atoms with Gasteiger partial charge < -0.3 is 5.32 Å². The second-order valence-electron chi connectivity index (χ2n) is 3.93. The predicted octanol–water partition coefficient (Wildman–Crippen LogP) is 2.54. The first kappa shape index (κ1) is 9.66. The fourth-order valence-electron chi connectivity index (χ4n) is 1.96. The van der Waals surface area contributed by atoms with Crippen molar-refractivity contribution in [2.75, 3.05) is 13.1 Å². The van der Waals surface area contributed by atoms with Crippen LogP contribution in [0.3, 0.4) is 0 Å². The fourth-order valence-corrected chi connectivity index (χ4v) is 1.96. The summed E-state index contributed by atoms with van der Waals surface area (Å²) >= 11 is 0. The van der Waals surface area contributed by atoms with Crippen molar-refractivity contribution in [1.82, 2.24) is 5.32 Å². The molecule has 1 N–H and O–H groups in total. The van der Waals surface area contributed by atoms with Crippen LogP contribution in [0.5, 0.6) is 0 Å². The van der Waals surface area contributed by atoms with Gasteiger partial charge in [-0.15, -0.1) is 0 Å². The molecule has 2 atom stereocenters. The lowest BCUT2D eigenvalue weighted by molar-refractivity contribution is 0.597. The molecule has 1 aliphatic rings. The zero-order valence-corrected chi connectivity index (χ0v) is 8.46. The number of hydrogen-bond acceptors (Lipinski definition) is 1. The Labute approximate surface area is 84.3 Å². The summed E-state index contributed by atoms with van der Waals surface area (Å²) in [5.41, 5.74) is 0.899. The fraction of sp³-hybridized carbons (Fsp3) is 0.500. The largest absolute Gasteiger partial charge is 0.317 e. The lowest BCUT2D eigenvalue weighted by Crippen LogP contribution is -2.16. The van der Waals surface area contributed by atoms with Gasteiger partial charge in [0.15, 0.2) is 0 Å². The van der Waals surface area contributed by atoms with Gasteiger partial charge in [-0.2, -0.15) is 0 Å². The van der Waals surface area contributed by atoms with Crippen molar-refractivity contribution in [2.45, 2.75) is 19.3 Å². The Bertz CT molecular complexity index is 311. The summed E-state index contributed by atoms with van der Waals surface area (Å²) in [6.07, 6.45) is 1.13. The van der Waals surface area contributed by atoms with Gasteiger partial charge in [0.2, 0.25) is 0 Å². The van der Waals surface area contributed by atoms with Crippen molar-refractivity contribution in [3.8, 4) is 0 Å². The summed E-state index contributed by atoms with van der Waals surface area (Å²) in [7, 11) is 0. The topological polar surface area (TPSA) is 12.0 Å². The summed E-state index contributed by atoms with van der Waals surface area (Å²) in [5.74, 6) is 1.05. The maximum absolute atomic E-state index is 13.4. The van der Waals surface area contributed by atoms with Crippen LogP contribution < -0.4 is 5.32 Å². The van der Waals surface area contributed by atoms with Crippen LogP contribution in [0.1, 0.15) is 24.8 Å². The highest BCUT2D eigenvalue weighted by atomic mass is 19.1. The van der Waals surface area contributed by atoms with Crippen molar-refractivity contribution in [2.24, 2.45) is 5.92 Å². The van der Waals surface area contributed by atoms with E-state index in [-0.39, 0.29) is 5.82 Å². The Hall–Kier alpha value is -0.890. The molecule has 0 heterocycles.